The highest BCUT2D eigenvalue weighted by Crippen LogP contribution is 2.15. The lowest BCUT2D eigenvalue weighted by Crippen LogP contribution is -2.33. The second-order valence-electron chi connectivity index (χ2n) is 4.09. The summed E-state index contributed by atoms with van der Waals surface area (Å²) in [6.07, 6.45) is 1.49. The summed E-state index contributed by atoms with van der Waals surface area (Å²) in [5.74, 6) is -0.192. The minimum Gasteiger partial charge on any atom is -0.383 e. The number of carbonyl (C=O) groups is 1. The predicted molar refractivity (Wildman–Crippen MR) is 81.4 cm³/mol. The molecule has 8 nitrogen and oxygen atoms in total. The SMILES string of the molecule is COCCNC(=O)CNc1cnn(CCOC)c(=O)c1Br. The average Bonchev–Trinajstić information content (AvgIpc) is 2.48. The van der Waals surface area contributed by atoms with Crippen molar-refractivity contribution in [3.05, 3.63) is 21.0 Å². The first-order chi connectivity index (χ1) is 10.1. The van der Waals surface area contributed by atoms with Crippen LogP contribution in [0.1, 0.15) is 0 Å². The van der Waals surface area contributed by atoms with Gasteiger partial charge in [0.1, 0.15) is 4.47 Å². The molecule has 1 amide bonds. The summed E-state index contributed by atoms with van der Waals surface area (Å²) in [5.41, 5.74) is 0.187. The fraction of sp³-hybridized carbons (Fsp3) is 0.583. The van der Waals surface area contributed by atoms with Gasteiger partial charge in [-0.25, -0.2) is 4.68 Å². The zero-order valence-corrected chi connectivity index (χ0v) is 13.6. The van der Waals surface area contributed by atoms with Gasteiger partial charge in [-0.05, 0) is 15.9 Å². The first kappa shape index (κ1) is 17.6. The van der Waals surface area contributed by atoms with Crippen molar-refractivity contribution in [1.82, 2.24) is 15.1 Å². The highest BCUT2D eigenvalue weighted by molar-refractivity contribution is 9.10. The van der Waals surface area contributed by atoms with Gasteiger partial charge in [0.25, 0.3) is 5.56 Å². The van der Waals surface area contributed by atoms with Crippen LogP contribution >= 0.6 is 15.9 Å². The molecule has 0 aromatic carbocycles. The Balaban J connectivity index is 2.58. The van der Waals surface area contributed by atoms with Crippen LogP contribution in [-0.4, -0.2) is 56.2 Å². The molecule has 0 saturated heterocycles. The van der Waals surface area contributed by atoms with Gasteiger partial charge in [-0.15, -0.1) is 0 Å². The van der Waals surface area contributed by atoms with E-state index in [0.717, 1.165) is 0 Å². The minimum atomic E-state index is -0.281. The summed E-state index contributed by atoms with van der Waals surface area (Å²) < 4.78 is 11.4. The number of carbonyl (C=O) groups excluding carboxylic acids is 1. The first-order valence-corrected chi connectivity index (χ1v) is 7.13. The highest BCUT2D eigenvalue weighted by atomic mass is 79.9. The maximum Gasteiger partial charge on any atom is 0.283 e. The number of amides is 1. The molecule has 0 spiro atoms. The molecular formula is C12H19BrN4O4. The van der Waals surface area contributed by atoms with Crippen LogP contribution in [-0.2, 0) is 20.8 Å². The number of hydrogen-bond acceptors (Lipinski definition) is 6. The van der Waals surface area contributed by atoms with Crippen molar-refractivity contribution in [3.8, 4) is 0 Å². The second-order valence-corrected chi connectivity index (χ2v) is 4.88. The summed E-state index contributed by atoms with van der Waals surface area (Å²) >= 11 is 3.21. The number of rotatable bonds is 9. The van der Waals surface area contributed by atoms with E-state index in [9.17, 15) is 9.59 Å². The molecule has 0 aliphatic rings. The molecule has 1 aromatic rings. The molecular weight excluding hydrogens is 344 g/mol. The number of methoxy groups -OCH3 is 2. The quantitative estimate of drug-likeness (QED) is 0.592. The lowest BCUT2D eigenvalue weighted by molar-refractivity contribution is -0.119. The molecule has 21 heavy (non-hydrogen) atoms. The Bertz CT molecular complexity index is 520. The van der Waals surface area contributed by atoms with Gasteiger partial charge in [0, 0.05) is 20.8 Å². The van der Waals surface area contributed by atoms with Crippen molar-refractivity contribution < 1.29 is 14.3 Å². The van der Waals surface area contributed by atoms with Crippen molar-refractivity contribution in [2.75, 3.05) is 45.8 Å². The van der Waals surface area contributed by atoms with E-state index in [4.69, 9.17) is 9.47 Å². The normalized spacial score (nSPS) is 10.4. The molecule has 0 bridgehead atoms. The van der Waals surface area contributed by atoms with Gasteiger partial charge in [-0.2, -0.15) is 5.10 Å². The minimum absolute atomic E-state index is 0.0471. The second kappa shape index (κ2) is 9.48. The number of hydrogen-bond donors (Lipinski definition) is 2. The van der Waals surface area contributed by atoms with E-state index in [2.05, 4.69) is 31.7 Å². The molecule has 0 fully saturated rings. The standard InChI is InChI=1S/C12H19BrN4O4/c1-20-5-3-14-10(18)8-15-9-7-16-17(4-6-21-2)12(19)11(9)13/h7,15H,3-6,8H2,1-2H3,(H,14,18). The number of nitrogens with zero attached hydrogens (tertiary/aromatic N) is 2. The van der Waals surface area contributed by atoms with E-state index in [1.165, 1.54) is 10.9 Å². The molecule has 1 rings (SSSR count). The molecule has 1 aromatic heterocycles. The maximum absolute atomic E-state index is 12.0. The van der Waals surface area contributed by atoms with E-state index < -0.39 is 0 Å². The molecule has 0 unspecified atom stereocenters. The third-order valence-electron chi connectivity index (χ3n) is 2.56. The molecule has 0 aliphatic carbocycles. The van der Waals surface area contributed by atoms with E-state index in [0.29, 0.717) is 36.5 Å². The van der Waals surface area contributed by atoms with Gasteiger partial charge < -0.3 is 20.1 Å². The van der Waals surface area contributed by atoms with Gasteiger partial charge in [-0.3, -0.25) is 9.59 Å². The molecule has 0 aliphatic heterocycles. The Kier molecular flexibility index (Phi) is 7.95. The maximum atomic E-state index is 12.0. The Morgan fingerprint density at radius 1 is 1.38 bits per heavy atom. The van der Waals surface area contributed by atoms with Gasteiger partial charge in [-0.1, -0.05) is 0 Å². The molecule has 9 heteroatoms. The molecule has 0 saturated carbocycles. The summed E-state index contributed by atoms with van der Waals surface area (Å²) in [6.45, 7) is 1.70. The Hall–Kier alpha value is -1.45. The summed E-state index contributed by atoms with van der Waals surface area (Å²) in [5, 5.41) is 9.53. The summed E-state index contributed by atoms with van der Waals surface area (Å²) in [7, 11) is 3.12. The molecule has 1 heterocycles. The number of ether oxygens (including phenoxy) is 2. The predicted octanol–water partition coefficient (Wildman–Crippen LogP) is -0.173. The van der Waals surface area contributed by atoms with Gasteiger partial charge in [0.15, 0.2) is 0 Å². The average molecular weight is 363 g/mol. The zero-order chi connectivity index (χ0) is 15.7. The van der Waals surface area contributed by atoms with Gasteiger partial charge >= 0.3 is 0 Å². The summed E-state index contributed by atoms with van der Waals surface area (Å²) in [4.78, 5) is 23.5. The fourth-order valence-corrected chi connectivity index (χ4v) is 1.90. The first-order valence-electron chi connectivity index (χ1n) is 6.34. The molecule has 0 radical (unpaired) electrons. The molecule has 0 atom stereocenters. The van der Waals surface area contributed by atoms with Crippen LogP contribution in [0.3, 0.4) is 0 Å². The largest absolute Gasteiger partial charge is 0.383 e. The highest BCUT2D eigenvalue weighted by Gasteiger charge is 2.09. The van der Waals surface area contributed by atoms with E-state index in [-0.39, 0.29) is 18.0 Å². The van der Waals surface area contributed by atoms with Crippen molar-refractivity contribution in [2.24, 2.45) is 0 Å². The van der Waals surface area contributed by atoms with E-state index >= 15 is 0 Å². The smallest absolute Gasteiger partial charge is 0.283 e. The number of anilines is 1. The number of nitrogens with one attached hydrogen (secondary N) is 2. The summed E-state index contributed by atoms with van der Waals surface area (Å²) in [6, 6.07) is 0. The van der Waals surface area contributed by atoms with Crippen LogP contribution < -0.4 is 16.2 Å². The van der Waals surface area contributed by atoms with Gasteiger partial charge in [0.2, 0.25) is 5.91 Å². The number of aromatic nitrogens is 2. The van der Waals surface area contributed by atoms with Crippen molar-refractivity contribution in [2.45, 2.75) is 6.54 Å². The van der Waals surface area contributed by atoms with Crippen LogP contribution in [0.5, 0.6) is 0 Å². The Labute approximate surface area is 130 Å². The van der Waals surface area contributed by atoms with Crippen LogP contribution in [0.25, 0.3) is 0 Å². The Morgan fingerprint density at radius 2 is 2.10 bits per heavy atom. The van der Waals surface area contributed by atoms with E-state index in [1.54, 1.807) is 14.2 Å². The molecule has 2 N–H and O–H groups in total. The van der Waals surface area contributed by atoms with Crippen molar-refractivity contribution >= 4 is 27.5 Å². The zero-order valence-electron chi connectivity index (χ0n) is 12.0. The third-order valence-corrected chi connectivity index (χ3v) is 3.33. The van der Waals surface area contributed by atoms with Crippen LogP contribution in [0.2, 0.25) is 0 Å². The van der Waals surface area contributed by atoms with Crippen LogP contribution in [0.4, 0.5) is 5.69 Å². The number of halogens is 1. The van der Waals surface area contributed by atoms with Gasteiger partial charge in [0.05, 0.1) is 38.2 Å². The third kappa shape index (κ3) is 5.82. The lowest BCUT2D eigenvalue weighted by atomic mass is 10.4. The van der Waals surface area contributed by atoms with Crippen LogP contribution in [0.15, 0.2) is 15.5 Å². The van der Waals surface area contributed by atoms with Crippen molar-refractivity contribution in [3.63, 3.8) is 0 Å². The monoisotopic (exact) mass is 362 g/mol. The van der Waals surface area contributed by atoms with Crippen molar-refractivity contribution in [1.29, 1.82) is 0 Å². The molecule has 118 valence electrons. The van der Waals surface area contributed by atoms with Crippen LogP contribution in [0, 0.1) is 0 Å². The fourth-order valence-electron chi connectivity index (χ4n) is 1.46. The topological polar surface area (TPSA) is 94.5 Å². The Morgan fingerprint density at radius 3 is 2.76 bits per heavy atom. The lowest BCUT2D eigenvalue weighted by Gasteiger charge is -2.10. The van der Waals surface area contributed by atoms with E-state index in [1.807, 2.05) is 0 Å².